The lowest BCUT2D eigenvalue weighted by Gasteiger charge is -2.23. The minimum absolute atomic E-state index is 0.00687. The SMILES string of the molecule is CCCN(C)C(=O)C(C)n1c(Cc2ccc(F)cc2)nc2cc(Cl)c(Cl)cc21. The summed E-state index contributed by atoms with van der Waals surface area (Å²) < 4.78 is 15.2. The molecule has 0 N–H and O–H groups in total. The Morgan fingerprint density at radius 2 is 1.86 bits per heavy atom. The molecule has 28 heavy (non-hydrogen) atoms. The molecule has 0 spiro atoms. The summed E-state index contributed by atoms with van der Waals surface area (Å²) in [5, 5.41) is 0.819. The molecule has 1 amide bonds. The Balaban J connectivity index is 2.09. The van der Waals surface area contributed by atoms with Gasteiger partial charge in [-0.25, -0.2) is 9.37 Å². The molecule has 148 valence electrons. The lowest BCUT2D eigenvalue weighted by Crippen LogP contribution is -2.34. The molecule has 7 heteroatoms. The van der Waals surface area contributed by atoms with Gasteiger partial charge in [0.15, 0.2) is 0 Å². The van der Waals surface area contributed by atoms with Crippen LogP contribution in [-0.4, -0.2) is 34.0 Å². The van der Waals surface area contributed by atoms with Crippen LogP contribution < -0.4 is 0 Å². The van der Waals surface area contributed by atoms with Crippen molar-refractivity contribution in [1.29, 1.82) is 0 Å². The van der Waals surface area contributed by atoms with E-state index in [0.717, 1.165) is 17.5 Å². The molecule has 3 aromatic rings. The molecule has 0 saturated heterocycles. The van der Waals surface area contributed by atoms with Crippen molar-refractivity contribution in [3.05, 3.63) is 63.6 Å². The molecule has 1 atom stereocenters. The number of hydrogen-bond donors (Lipinski definition) is 0. The van der Waals surface area contributed by atoms with Crippen molar-refractivity contribution >= 4 is 40.1 Å². The van der Waals surface area contributed by atoms with E-state index in [1.165, 1.54) is 12.1 Å². The number of fused-ring (bicyclic) bond motifs is 1. The van der Waals surface area contributed by atoms with Crippen molar-refractivity contribution in [3.8, 4) is 0 Å². The number of hydrogen-bond acceptors (Lipinski definition) is 2. The van der Waals surface area contributed by atoms with Crippen LogP contribution in [0.2, 0.25) is 10.0 Å². The normalized spacial score (nSPS) is 12.4. The van der Waals surface area contributed by atoms with Gasteiger partial charge >= 0.3 is 0 Å². The van der Waals surface area contributed by atoms with Gasteiger partial charge in [-0.15, -0.1) is 0 Å². The van der Waals surface area contributed by atoms with E-state index in [2.05, 4.69) is 0 Å². The molecular formula is C21H22Cl2FN3O. The summed E-state index contributed by atoms with van der Waals surface area (Å²) in [5.41, 5.74) is 2.32. The summed E-state index contributed by atoms with van der Waals surface area (Å²) in [6.07, 6.45) is 1.34. The first-order valence-electron chi connectivity index (χ1n) is 9.17. The second kappa shape index (κ2) is 8.50. The van der Waals surface area contributed by atoms with Crippen LogP contribution in [0.4, 0.5) is 4.39 Å². The summed E-state index contributed by atoms with van der Waals surface area (Å²) in [5.74, 6) is 0.402. The lowest BCUT2D eigenvalue weighted by atomic mass is 10.1. The summed E-state index contributed by atoms with van der Waals surface area (Å²) >= 11 is 12.4. The van der Waals surface area contributed by atoms with Gasteiger partial charge in [-0.2, -0.15) is 0 Å². The number of rotatable bonds is 6. The molecule has 0 radical (unpaired) electrons. The highest BCUT2D eigenvalue weighted by atomic mass is 35.5. The third kappa shape index (κ3) is 4.15. The Morgan fingerprint density at radius 3 is 2.50 bits per heavy atom. The van der Waals surface area contributed by atoms with Crippen LogP contribution in [-0.2, 0) is 11.2 Å². The maximum atomic E-state index is 13.3. The molecule has 1 aromatic heterocycles. The minimum Gasteiger partial charge on any atom is -0.344 e. The predicted molar refractivity (Wildman–Crippen MR) is 112 cm³/mol. The molecule has 0 aliphatic rings. The molecule has 1 unspecified atom stereocenters. The Hall–Kier alpha value is -2.11. The van der Waals surface area contributed by atoms with Crippen molar-refractivity contribution in [2.45, 2.75) is 32.7 Å². The van der Waals surface area contributed by atoms with Crippen molar-refractivity contribution < 1.29 is 9.18 Å². The molecule has 3 rings (SSSR count). The topological polar surface area (TPSA) is 38.1 Å². The van der Waals surface area contributed by atoms with Gasteiger partial charge in [0.2, 0.25) is 5.91 Å². The molecule has 0 aliphatic heterocycles. The van der Waals surface area contributed by atoms with Crippen LogP contribution in [0.5, 0.6) is 0 Å². The van der Waals surface area contributed by atoms with Crippen LogP contribution in [0.25, 0.3) is 11.0 Å². The Kier molecular flexibility index (Phi) is 6.26. The van der Waals surface area contributed by atoms with Crippen LogP contribution in [0.1, 0.15) is 37.7 Å². The van der Waals surface area contributed by atoms with Crippen molar-refractivity contribution in [2.24, 2.45) is 0 Å². The molecular weight excluding hydrogens is 400 g/mol. The largest absolute Gasteiger partial charge is 0.344 e. The standard InChI is InChI=1S/C21H22Cl2FN3O/c1-4-9-26(3)21(28)13(2)27-19-12-17(23)16(22)11-18(19)25-20(27)10-14-5-7-15(24)8-6-14/h5-8,11-13H,4,9-10H2,1-3H3. The Morgan fingerprint density at radius 1 is 1.21 bits per heavy atom. The van der Waals surface area contributed by atoms with Gasteiger partial charge in [0.25, 0.3) is 0 Å². The zero-order chi connectivity index (χ0) is 20.4. The molecule has 2 aromatic carbocycles. The molecule has 0 saturated carbocycles. The number of likely N-dealkylation sites (N-methyl/N-ethyl adjacent to an activating group) is 1. The first kappa shape index (κ1) is 20.6. The fourth-order valence-electron chi connectivity index (χ4n) is 3.36. The Bertz CT molecular complexity index is 1000. The third-order valence-electron chi connectivity index (χ3n) is 4.76. The smallest absolute Gasteiger partial charge is 0.245 e. The summed E-state index contributed by atoms with van der Waals surface area (Å²) in [4.78, 5) is 19.4. The Labute approximate surface area is 173 Å². The van der Waals surface area contributed by atoms with Crippen LogP contribution >= 0.6 is 23.2 Å². The lowest BCUT2D eigenvalue weighted by molar-refractivity contribution is -0.132. The number of carbonyl (C=O) groups is 1. The summed E-state index contributed by atoms with van der Waals surface area (Å²) in [6.45, 7) is 4.56. The third-order valence-corrected chi connectivity index (χ3v) is 5.48. The number of benzene rings is 2. The number of imidazole rings is 1. The number of halogens is 3. The second-order valence-corrected chi connectivity index (χ2v) is 7.71. The summed E-state index contributed by atoms with van der Waals surface area (Å²) in [7, 11) is 1.80. The highest BCUT2D eigenvalue weighted by Crippen LogP contribution is 2.31. The van der Waals surface area contributed by atoms with E-state index >= 15 is 0 Å². The minimum atomic E-state index is -0.464. The monoisotopic (exact) mass is 421 g/mol. The zero-order valence-electron chi connectivity index (χ0n) is 16.0. The first-order valence-corrected chi connectivity index (χ1v) is 9.92. The zero-order valence-corrected chi connectivity index (χ0v) is 17.6. The first-order chi connectivity index (χ1) is 13.3. The van der Waals surface area contributed by atoms with E-state index in [1.54, 1.807) is 36.2 Å². The maximum Gasteiger partial charge on any atom is 0.245 e. The predicted octanol–water partition coefficient (Wildman–Crippen LogP) is 5.50. The van der Waals surface area contributed by atoms with Gasteiger partial charge < -0.3 is 9.47 Å². The molecule has 0 bridgehead atoms. The number of amides is 1. The fourth-order valence-corrected chi connectivity index (χ4v) is 3.67. The number of nitrogens with zero attached hydrogens (tertiary/aromatic N) is 3. The second-order valence-electron chi connectivity index (χ2n) is 6.89. The number of carbonyl (C=O) groups excluding carboxylic acids is 1. The highest BCUT2D eigenvalue weighted by molar-refractivity contribution is 6.42. The van der Waals surface area contributed by atoms with Gasteiger partial charge in [-0.1, -0.05) is 42.3 Å². The molecule has 1 heterocycles. The van der Waals surface area contributed by atoms with E-state index in [0.29, 0.717) is 34.4 Å². The van der Waals surface area contributed by atoms with Crippen molar-refractivity contribution in [3.63, 3.8) is 0 Å². The van der Waals surface area contributed by atoms with Gasteiger partial charge in [0.1, 0.15) is 17.7 Å². The van der Waals surface area contributed by atoms with Crippen LogP contribution in [0.3, 0.4) is 0 Å². The van der Waals surface area contributed by atoms with Gasteiger partial charge in [0.05, 0.1) is 21.1 Å². The average molecular weight is 422 g/mol. The molecule has 0 aliphatic carbocycles. The van der Waals surface area contributed by atoms with E-state index in [4.69, 9.17) is 28.2 Å². The van der Waals surface area contributed by atoms with Crippen molar-refractivity contribution in [1.82, 2.24) is 14.5 Å². The summed E-state index contributed by atoms with van der Waals surface area (Å²) in [6, 6.07) is 9.25. The molecule has 0 fully saturated rings. The maximum absolute atomic E-state index is 13.3. The van der Waals surface area contributed by atoms with E-state index in [-0.39, 0.29) is 11.7 Å². The molecule has 4 nitrogen and oxygen atoms in total. The van der Waals surface area contributed by atoms with Crippen LogP contribution in [0.15, 0.2) is 36.4 Å². The van der Waals surface area contributed by atoms with E-state index < -0.39 is 6.04 Å². The van der Waals surface area contributed by atoms with E-state index in [9.17, 15) is 9.18 Å². The van der Waals surface area contributed by atoms with Crippen LogP contribution in [0, 0.1) is 5.82 Å². The fraction of sp³-hybridized carbons (Fsp3) is 0.333. The van der Waals surface area contributed by atoms with E-state index in [1.807, 2.05) is 18.4 Å². The number of aromatic nitrogens is 2. The highest BCUT2D eigenvalue weighted by Gasteiger charge is 2.24. The quantitative estimate of drug-likeness (QED) is 0.526. The van der Waals surface area contributed by atoms with Gasteiger partial charge in [-0.3, -0.25) is 4.79 Å². The van der Waals surface area contributed by atoms with Gasteiger partial charge in [-0.05, 0) is 43.2 Å². The van der Waals surface area contributed by atoms with Crippen molar-refractivity contribution in [2.75, 3.05) is 13.6 Å². The average Bonchev–Trinajstić information content (AvgIpc) is 2.99. The van der Waals surface area contributed by atoms with Gasteiger partial charge in [0, 0.05) is 20.0 Å².